The van der Waals surface area contributed by atoms with Gasteiger partial charge in [-0.25, -0.2) is 4.79 Å². The fourth-order valence-electron chi connectivity index (χ4n) is 8.22. The van der Waals surface area contributed by atoms with Gasteiger partial charge in [-0.3, -0.25) is 9.69 Å². The van der Waals surface area contributed by atoms with Crippen molar-refractivity contribution in [2.75, 3.05) is 39.3 Å². The zero-order valence-corrected chi connectivity index (χ0v) is 25.7. The van der Waals surface area contributed by atoms with E-state index in [1.54, 1.807) is 0 Å². The van der Waals surface area contributed by atoms with Gasteiger partial charge >= 0.3 is 6.09 Å². The third kappa shape index (κ3) is 6.07. The maximum atomic E-state index is 13.4. The molecule has 5 rings (SSSR count). The number of rotatable bonds is 7. The van der Waals surface area contributed by atoms with Gasteiger partial charge in [0.2, 0.25) is 0 Å². The molecule has 222 valence electrons. The molecule has 0 radical (unpaired) electrons. The van der Waals surface area contributed by atoms with Crippen LogP contribution in [0.25, 0.3) is 0 Å². The van der Waals surface area contributed by atoms with Gasteiger partial charge in [-0.05, 0) is 69.9 Å². The predicted molar refractivity (Wildman–Crippen MR) is 161 cm³/mol. The van der Waals surface area contributed by atoms with Crippen LogP contribution in [-0.2, 0) is 4.74 Å². The van der Waals surface area contributed by atoms with E-state index in [0.29, 0.717) is 11.8 Å². The quantitative estimate of drug-likeness (QED) is 0.367. The summed E-state index contributed by atoms with van der Waals surface area (Å²) in [6.07, 6.45) is 13.8. The number of likely N-dealkylation sites (tertiary alicyclic amines) is 2. The van der Waals surface area contributed by atoms with Crippen molar-refractivity contribution >= 4 is 12.0 Å². The molecule has 6 heteroatoms. The number of nitrogens with zero attached hydrogens (tertiary/aromatic N) is 3. The van der Waals surface area contributed by atoms with Crippen molar-refractivity contribution < 1.29 is 14.3 Å². The monoisotopic (exact) mass is 551 g/mol. The van der Waals surface area contributed by atoms with E-state index in [4.69, 9.17) is 4.74 Å². The summed E-state index contributed by atoms with van der Waals surface area (Å²) >= 11 is 0. The van der Waals surface area contributed by atoms with Gasteiger partial charge in [-0.15, -0.1) is 0 Å². The summed E-state index contributed by atoms with van der Waals surface area (Å²) in [4.78, 5) is 33.5. The number of carbonyl (C=O) groups excluding carboxylic acids is 2. The molecule has 0 bridgehead atoms. The molecule has 3 aliphatic heterocycles. The first-order valence-corrected chi connectivity index (χ1v) is 16.3. The van der Waals surface area contributed by atoms with Gasteiger partial charge in [0, 0.05) is 69.1 Å². The minimum Gasteiger partial charge on any atom is -0.442 e. The Morgan fingerprint density at radius 2 is 1.62 bits per heavy atom. The smallest absolute Gasteiger partial charge is 0.410 e. The van der Waals surface area contributed by atoms with E-state index in [1.807, 2.05) is 32.0 Å². The Bertz CT molecular complexity index is 1010. The van der Waals surface area contributed by atoms with Crippen LogP contribution in [0.2, 0.25) is 0 Å². The second kappa shape index (κ2) is 12.4. The molecule has 40 heavy (non-hydrogen) atoms. The molecule has 0 N–H and O–H groups in total. The zero-order valence-electron chi connectivity index (χ0n) is 25.7. The van der Waals surface area contributed by atoms with E-state index in [9.17, 15) is 9.59 Å². The molecule has 4 fully saturated rings. The van der Waals surface area contributed by atoms with Crippen LogP contribution in [0.4, 0.5) is 4.79 Å². The summed E-state index contributed by atoms with van der Waals surface area (Å²) in [5, 5.41) is 0. The molecular formula is C34H53N3O3. The minimum absolute atomic E-state index is 0.0590. The summed E-state index contributed by atoms with van der Waals surface area (Å²) < 4.78 is 6.47. The highest BCUT2D eigenvalue weighted by Gasteiger charge is 2.51. The topological polar surface area (TPSA) is 53.1 Å². The molecule has 1 aliphatic carbocycles. The summed E-state index contributed by atoms with van der Waals surface area (Å²) in [5.41, 5.74) is 2.79. The van der Waals surface area contributed by atoms with E-state index >= 15 is 0 Å². The van der Waals surface area contributed by atoms with Gasteiger partial charge in [-0.2, -0.15) is 0 Å². The normalized spacial score (nSPS) is 25.7. The van der Waals surface area contributed by atoms with Crippen molar-refractivity contribution in [1.29, 1.82) is 0 Å². The maximum Gasteiger partial charge on any atom is 0.410 e. The molecule has 1 unspecified atom stereocenters. The molecule has 1 atom stereocenters. The van der Waals surface area contributed by atoms with E-state index in [-0.39, 0.29) is 23.1 Å². The number of aryl methyl sites for hydroxylation is 2. The van der Waals surface area contributed by atoms with Gasteiger partial charge < -0.3 is 14.5 Å². The largest absolute Gasteiger partial charge is 0.442 e. The van der Waals surface area contributed by atoms with Crippen LogP contribution in [0.1, 0.15) is 112 Å². The molecule has 6 nitrogen and oxygen atoms in total. The average Bonchev–Trinajstić information content (AvgIpc) is 2.95. The molecule has 1 aromatic rings. The molecule has 1 aromatic carbocycles. The first-order chi connectivity index (χ1) is 19.2. The molecule has 1 spiro atoms. The summed E-state index contributed by atoms with van der Waals surface area (Å²) in [7, 11) is 0. The number of hydrogen-bond acceptors (Lipinski definition) is 4. The summed E-state index contributed by atoms with van der Waals surface area (Å²) in [5.74, 6) is 1.26. The molecule has 4 aliphatic rings. The van der Waals surface area contributed by atoms with Crippen LogP contribution in [0, 0.1) is 25.7 Å². The van der Waals surface area contributed by atoms with Crippen molar-refractivity contribution in [1.82, 2.24) is 14.7 Å². The lowest BCUT2D eigenvalue weighted by atomic mass is 9.74. The average molecular weight is 552 g/mol. The van der Waals surface area contributed by atoms with E-state index in [1.165, 1.54) is 44.9 Å². The van der Waals surface area contributed by atoms with Gasteiger partial charge in [0.1, 0.15) is 5.60 Å². The Morgan fingerprint density at radius 3 is 2.25 bits per heavy atom. The second-order valence-corrected chi connectivity index (χ2v) is 13.7. The first-order valence-electron chi connectivity index (χ1n) is 16.3. The third-order valence-corrected chi connectivity index (χ3v) is 11.0. The fourth-order valence-corrected chi connectivity index (χ4v) is 8.22. The number of ether oxygens (including phenoxy) is 1. The molecule has 3 saturated heterocycles. The number of hydrogen-bond donors (Lipinski definition) is 0. The highest BCUT2D eigenvalue weighted by molar-refractivity contribution is 5.97. The van der Waals surface area contributed by atoms with Crippen molar-refractivity contribution in [3.8, 4) is 0 Å². The Morgan fingerprint density at radius 1 is 0.975 bits per heavy atom. The second-order valence-electron chi connectivity index (χ2n) is 13.7. The lowest BCUT2D eigenvalue weighted by Gasteiger charge is -2.55. The van der Waals surface area contributed by atoms with Crippen LogP contribution in [0.15, 0.2) is 18.2 Å². The van der Waals surface area contributed by atoms with Crippen molar-refractivity contribution in [3.63, 3.8) is 0 Å². The Kier molecular flexibility index (Phi) is 9.14. The molecule has 0 aromatic heterocycles. The zero-order chi connectivity index (χ0) is 28.3. The van der Waals surface area contributed by atoms with Gasteiger partial charge in [0.05, 0.1) is 0 Å². The van der Waals surface area contributed by atoms with Gasteiger partial charge in [-0.1, -0.05) is 57.2 Å². The van der Waals surface area contributed by atoms with E-state index in [0.717, 1.165) is 88.1 Å². The van der Waals surface area contributed by atoms with Crippen LogP contribution in [0.3, 0.4) is 0 Å². The Balaban J connectivity index is 1.19. The first kappa shape index (κ1) is 29.4. The van der Waals surface area contributed by atoms with Crippen molar-refractivity contribution in [2.24, 2.45) is 11.8 Å². The maximum absolute atomic E-state index is 13.4. The molecule has 1 saturated carbocycles. The van der Waals surface area contributed by atoms with Crippen LogP contribution in [-0.4, -0.2) is 77.1 Å². The highest BCUT2D eigenvalue weighted by Crippen LogP contribution is 2.43. The molecule has 2 amide bonds. The fraction of sp³-hybridized carbons (Fsp3) is 0.765. The number of benzene rings is 1. The molecule has 3 heterocycles. The summed E-state index contributed by atoms with van der Waals surface area (Å²) in [6.45, 7) is 14.0. The minimum atomic E-state index is -0.304. The number of unbranched alkanes of at least 4 members (excludes halogenated alkanes) is 1. The van der Waals surface area contributed by atoms with Crippen LogP contribution < -0.4 is 0 Å². The van der Waals surface area contributed by atoms with Crippen molar-refractivity contribution in [2.45, 2.75) is 116 Å². The van der Waals surface area contributed by atoms with Gasteiger partial charge in [0.15, 0.2) is 0 Å². The van der Waals surface area contributed by atoms with E-state index < -0.39 is 0 Å². The Hall–Kier alpha value is -2.08. The number of piperidine rings is 2. The van der Waals surface area contributed by atoms with Crippen LogP contribution >= 0.6 is 0 Å². The predicted octanol–water partition coefficient (Wildman–Crippen LogP) is 6.97. The van der Waals surface area contributed by atoms with Gasteiger partial charge in [0.25, 0.3) is 5.91 Å². The highest BCUT2D eigenvalue weighted by atomic mass is 16.6. The SMILES string of the molecule is CCCCC1CN(CC2CCCCC2)C(=O)OC12CCN(C1(C)CCN(C(=O)c3c(C)cccc3C)CC1)CC2. The van der Waals surface area contributed by atoms with E-state index in [2.05, 4.69) is 28.5 Å². The van der Waals surface area contributed by atoms with Crippen LogP contribution in [0.5, 0.6) is 0 Å². The Labute approximate surface area is 242 Å². The third-order valence-electron chi connectivity index (χ3n) is 11.0. The molecular weight excluding hydrogens is 498 g/mol. The number of amides is 2. The lowest BCUT2D eigenvalue weighted by Crippen LogP contribution is -2.63. The summed E-state index contributed by atoms with van der Waals surface area (Å²) in [6, 6.07) is 6.11. The lowest BCUT2D eigenvalue weighted by molar-refractivity contribution is -0.134. The van der Waals surface area contributed by atoms with Crippen molar-refractivity contribution in [3.05, 3.63) is 34.9 Å². The standard InChI is InChI=1S/C34H53N3O3/c1-5-6-15-29-25-36(24-28-13-8-7-9-14-28)32(39)40-34(29)18-22-37(23-19-34)33(4)16-20-35(21-17-33)31(38)30-26(2)11-10-12-27(30)3/h10-12,28-29H,5-9,13-25H2,1-4H3. The number of carbonyl (C=O) groups is 2.